The van der Waals surface area contributed by atoms with Crippen LogP contribution < -0.4 is 10.6 Å². The van der Waals surface area contributed by atoms with Crippen molar-refractivity contribution in [3.63, 3.8) is 0 Å². The van der Waals surface area contributed by atoms with Crippen molar-refractivity contribution < 1.29 is 104 Å². The summed E-state index contributed by atoms with van der Waals surface area (Å²) >= 11 is 0. The number of aliphatic carboxylic acids is 1. The molecular weight excluding hydrogens is 1190 g/mol. The molecule has 0 aromatic carbocycles. The van der Waals surface area contributed by atoms with Crippen LogP contribution in [-0.4, -0.2) is 215 Å². The van der Waals surface area contributed by atoms with Crippen LogP contribution in [0.15, 0.2) is 12.2 Å². The van der Waals surface area contributed by atoms with Gasteiger partial charge in [0, 0.05) is 19.8 Å². The standard InChI is InChI=1S/C69H128N2O21/c1-4-6-8-10-12-14-16-18-19-20-21-22-23-24-25-26-27-28-29-31-33-35-37-39-41-43-56(79)71-50(51(76)42-40-38-36-34-32-30-17-15-13-11-9-7-5-2)48-87-66-61(83)60(82)63(55(47-74)89-66)90-67-62(84)65(59(81)54(46-73)88-67)92-69(68(85)86)44-52(77)57(70-49(3)75)64(91-69)58(80)53(78)45-72/h24-25,50-55,57-67,72-74,76-78,80-84H,4-23,26-48H2,1-3H3,(H,70,75)(H,71,79)(H,85,86)/b25-24-. The second-order valence-electron chi connectivity index (χ2n) is 26.5. The third-order valence-electron chi connectivity index (χ3n) is 18.5. The Morgan fingerprint density at radius 2 is 1.01 bits per heavy atom. The van der Waals surface area contributed by atoms with Crippen LogP contribution in [0.2, 0.25) is 0 Å². The number of hydrogen-bond acceptors (Lipinski definition) is 20. The summed E-state index contributed by atoms with van der Waals surface area (Å²) in [5.74, 6) is -6.10. The minimum absolute atomic E-state index is 0.223. The molecule has 0 spiro atoms. The fourth-order valence-electron chi connectivity index (χ4n) is 12.7. The molecule has 0 radical (unpaired) electrons. The van der Waals surface area contributed by atoms with Crippen LogP contribution >= 0.6 is 0 Å². The van der Waals surface area contributed by atoms with E-state index in [1.54, 1.807) is 0 Å². The molecular formula is C69H128N2O21. The maximum Gasteiger partial charge on any atom is 0.364 e. The van der Waals surface area contributed by atoms with Crippen molar-refractivity contribution in [2.75, 3.05) is 26.4 Å². The average molecular weight is 1320 g/mol. The van der Waals surface area contributed by atoms with Gasteiger partial charge < -0.3 is 100 Å². The van der Waals surface area contributed by atoms with Gasteiger partial charge in [-0.3, -0.25) is 9.59 Å². The zero-order valence-corrected chi connectivity index (χ0v) is 56.4. The molecule has 3 rings (SSSR count). The van der Waals surface area contributed by atoms with E-state index in [0.717, 1.165) is 64.7 Å². The smallest absolute Gasteiger partial charge is 0.364 e. The number of hydrogen-bond donors (Lipinski definition) is 14. The number of aliphatic hydroxyl groups is 11. The van der Waals surface area contributed by atoms with Gasteiger partial charge in [-0.15, -0.1) is 0 Å². The van der Waals surface area contributed by atoms with Crippen LogP contribution in [0.1, 0.15) is 271 Å². The van der Waals surface area contributed by atoms with Crippen LogP contribution in [0.25, 0.3) is 0 Å². The number of amides is 2. The number of rotatable bonds is 55. The van der Waals surface area contributed by atoms with Crippen molar-refractivity contribution in [3.8, 4) is 0 Å². The van der Waals surface area contributed by atoms with E-state index < -0.39 is 148 Å². The van der Waals surface area contributed by atoms with E-state index >= 15 is 0 Å². The first-order valence-corrected chi connectivity index (χ1v) is 36.0. The number of carbonyl (C=O) groups excluding carboxylic acids is 2. The quantitative estimate of drug-likeness (QED) is 0.0214. The van der Waals surface area contributed by atoms with Crippen LogP contribution in [-0.2, 0) is 42.8 Å². The highest BCUT2D eigenvalue weighted by Crippen LogP contribution is 2.39. The monoisotopic (exact) mass is 1320 g/mol. The minimum Gasteiger partial charge on any atom is -0.477 e. The Morgan fingerprint density at radius 3 is 1.47 bits per heavy atom. The van der Waals surface area contributed by atoms with Gasteiger partial charge in [0.05, 0.1) is 50.7 Å². The highest BCUT2D eigenvalue weighted by Gasteiger charge is 2.60. The van der Waals surface area contributed by atoms with E-state index in [9.17, 15) is 75.7 Å². The van der Waals surface area contributed by atoms with Gasteiger partial charge in [-0.05, 0) is 38.5 Å². The normalized spacial score (nSPS) is 28.3. The first kappa shape index (κ1) is 83.7. The van der Waals surface area contributed by atoms with E-state index in [-0.39, 0.29) is 18.9 Å². The summed E-state index contributed by atoms with van der Waals surface area (Å²) < 4.78 is 34.9. The lowest BCUT2D eigenvalue weighted by Gasteiger charge is -2.50. The maximum absolute atomic E-state index is 13.5. The highest BCUT2D eigenvalue weighted by atomic mass is 16.8. The number of allylic oxidation sites excluding steroid dienone is 2. The molecule has 18 atom stereocenters. The molecule has 23 heteroatoms. The minimum atomic E-state index is -3.08. The topological polar surface area (TPSA) is 373 Å². The Morgan fingerprint density at radius 1 is 0.554 bits per heavy atom. The van der Waals surface area contributed by atoms with Gasteiger partial charge in [0.2, 0.25) is 11.8 Å². The fraction of sp³-hybridized carbons (Fsp3) is 0.928. The average Bonchev–Trinajstić information content (AvgIpc) is 0.774. The van der Waals surface area contributed by atoms with Gasteiger partial charge in [0.25, 0.3) is 5.79 Å². The summed E-state index contributed by atoms with van der Waals surface area (Å²) in [6.07, 6.45) is 19.4. The molecule has 23 nitrogen and oxygen atoms in total. The molecule has 0 bridgehead atoms. The lowest BCUT2D eigenvalue weighted by Crippen LogP contribution is -2.70. The summed E-state index contributed by atoms with van der Waals surface area (Å²) in [6, 6.07) is -2.53. The number of ether oxygens (including phenoxy) is 6. The number of unbranched alkanes of at least 4 members (excludes halogenated alkanes) is 33. The molecule has 0 aromatic rings. The van der Waals surface area contributed by atoms with E-state index in [0.29, 0.717) is 19.3 Å². The molecule has 540 valence electrons. The second kappa shape index (κ2) is 49.9. The van der Waals surface area contributed by atoms with Crippen molar-refractivity contribution in [2.45, 2.75) is 381 Å². The molecule has 3 heterocycles. The fourth-order valence-corrected chi connectivity index (χ4v) is 12.7. The largest absolute Gasteiger partial charge is 0.477 e. The van der Waals surface area contributed by atoms with Crippen LogP contribution in [0.3, 0.4) is 0 Å². The molecule has 3 saturated heterocycles. The Kier molecular flexibility index (Phi) is 45.4. The van der Waals surface area contributed by atoms with E-state index in [2.05, 4.69) is 36.6 Å². The predicted octanol–water partition coefficient (Wildman–Crippen LogP) is 7.07. The molecule has 3 aliphatic heterocycles. The van der Waals surface area contributed by atoms with Crippen LogP contribution in [0, 0.1) is 0 Å². The molecule has 0 saturated carbocycles. The van der Waals surface area contributed by atoms with Gasteiger partial charge in [0.15, 0.2) is 12.6 Å². The number of carboxylic acids is 1. The molecule has 0 aliphatic carbocycles. The molecule has 3 aliphatic rings. The Hall–Kier alpha value is -2.53. The third-order valence-corrected chi connectivity index (χ3v) is 18.5. The second-order valence-corrected chi connectivity index (χ2v) is 26.5. The van der Waals surface area contributed by atoms with Crippen molar-refractivity contribution in [1.82, 2.24) is 10.6 Å². The molecule has 92 heavy (non-hydrogen) atoms. The van der Waals surface area contributed by atoms with E-state index in [4.69, 9.17) is 28.4 Å². The Balaban J connectivity index is 1.54. The summed E-state index contributed by atoms with van der Waals surface area (Å²) in [7, 11) is 0. The molecule has 0 aromatic heterocycles. The molecule has 3 fully saturated rings. The van der Waals surface area contributed by atoms with Crippen molar-refractivity contribution in [2.24, 2.45) is 0 Å². The summed E-state index contributed by atoms with van der Waals surface area (Å²) in [6.45, 7) is 2.21. The number of aliphatic hydroxyl groups excluding tert-OH is 11. The maximum atomic E-state index is 13.5. The highest BCUT2D eigenvalue weighted by molar-refractivity contribution is 5.77. The zero-order chi connectivity index (χ0) is 67.5. The predicted molar refractivity (Wildman–Crippen MR) is 348 cm³/mol. The van der Waals surface area contributed by atoms with Gasteiger partial charge in [-0.2, -0.15) is 0 Å². The van der Waals surface area contributed by atoms with Gasteiger partial charge in [-0.25, -0.2) is 4.79 Å². The van der Waals surface area contributed by atoms with Crippen molar-refractivity contribution >= 4 is 17.8 Å². The Bertz CT molecular complexity index is 1910. The SMILES string of the molecule is CCCCCCCCCCCCCC/C=C\CCCCCCCCCCCC(=O)NC(COC1OC(CO)C(OC2OC(CO)C(O)C(OC3(C(=O)O)CC(O)C(NC(C)=O)C(C(O)C(O)CO)O3)C2O)C(O)C1O)C(O)CCCCCCCCCCCCCCC. The molecule has 18 unspecified atom stereocenters. The molecule has 14 N–H and O–H groups in total. The van der Waals surface area contributed by atoms with Gasteiger partial charge >= 0.3 is 5.97 Å². The van der Waals surface area contributed by atoms with Gasteiger partial charge in [0.1, 0.15) is 67.1 Å². The first-order chi connectivity index (χ1) is 44.4. The summed E-state index contributed by atoms with van der Waals surface area (Å²) in [5, 5.41) is 136. The lowest BCUT2D eigenvalue weighted by atomic mass is 9.88. The molecule has 2 amide bonds. The van der Waals surface area contributed by atoms with Crippen LogP contribution in [0.4, 0.5) is 0 Å². The van der Waals surface area contributed by atoms with Crippen molar-refractivity contribution in [1.29, 1.82) is 0 Å². The van der Waals surface area contributed by atoms with E-state index in [1.807, 2.05) is 0 Å². The van der Waals surface area contributed by atoms with E-state index in [1.165, 1.54) is 161 Å². The van der Waals surface area contributed by atoms with Gasteiger partial charge in [-0.1, -0.05) is 225 Å². The summed E-state index contributed by atoms with van der Waals surface area (Å²) in [5.41, 5.74) is 0. The third kappa shape index (κ3) is 31.8. The lowest BCUT2D eigenvalue weighted by molar-refractivity contribution is -0.386. The number of carboxylic acid groups (broad SMARTS) is 1. The van der Waals surface area contributed by atoms with Crippen LogP contribution in [0.5, 0.6) is 0 Å². The first-order valence-electron chi connectivity index (χ1n) is 36.0. The zero-order valence-electron chi connectivity index (χ0n) is 56.4. The Labute approximate surface area is 550 Å². The number of nitrogens with one attached hydrogen (secondary N) is 2. The number of carbonyl (C=O) groups is 3. The van der Waals surface area contributed by atoms with Crippen molar-refractivity contribution in [3.05, 3.63) is 12.2 Å². The summed E-state index contributed by atoms with van der Waals surface area (Å²) in [4.78, 5) is 38.6.